The Morgan fingerprint density at radius 2 is 1.97 bits per heavy atom. The van der Waals surface area contributed by atoms with Crippen LogP contribution in [-0.4, -0.2) is 25.4 Å². The lowest BCUT2D eigenvalue weighted by Gasteiger charge is -2.44. The summed E-state index contributed by atoms with van der Waals surface area (Å²) in [6, 6.07) is 12.6. The third kappa shape index (κ3) is 5.28. The minimum absolute atomic E-state index is 0.199. The first-order chi connectivity index (χ1) is 13.9. The van der Waals surface area contributed by atoms with Crippen molar-refractivity contribution in [2.45, 2.75) is 64.4 Å². The fourth-order valence-corrected chi connectivity index (χ4v) is 3.79. The van der Waals surface area contributed by atoms with Crippen molar-refractivity contribution in [3.8, 4) is 5.75 Å². The molecule has 0 spiro atoms. The van der Waals surface area contributed by atoms with Crippen LogP contribution in [0.3, 0.4) is 0 Å². The molecule has 2 aromatic rings. The van der Waals surface area contributed by atoms with Crippen LogP contribution in [0.4, 0.5) is 10.1 Å². The Labute approximate surface area is 173 Å². The summed E-state index contributed by atoms with van der Waals surface area (Å²) in [5.74, 6) is 0.583. The minimum Gasteiger partial charge on any atom is -0.485 e. The van der Waals surface area contributed by atoms with Gasteiger partial charge < -0.3 is 19.5 Å². The van der Waals surface area contributed by atoms with E-state index < -0.39 is 5.60 Å². The molecule has 29 heavy (non-hydrogen) atoms. The number of rotatable bonds is 9. The molecule has 4 nitrogen and oxygen atoms in total. The molecule has 0 saturated carbocycles. The topological polar surface area (TPSA) is 39.7 Å². The van der Waals surface area contributed by atoms with Crippen LogP contribution in [0.2, 0.25) is 0 Å². The predicted molar refractivity (Wildman–Crippen MR) is 114 cm³/mol. The maximum atomic E-state index is 13.4. The molecule has 1 aliphatic rings. The van der Waals surface area contributed by atoms with E-state index in [0.29, 0.717) is 13.2 Å². The van der Waals surface area contributed by atoms with Crippen LogP contribution in [-0.2, 0) is 16.0 Å². The van der Waals surface area contributed by atoms with Crippen LogP contribution in [0.5, 0.6) is 5.75 Å². The number of hydrogen-bond acceptors (Lipinski definition) is 4. The Morgan fingerprint density at radius 3 is 2.69 bits per heavy atom. The molecule has 0 aromatic heterocycles. The summed E-state index contributed by atoms with van der Waals surface area (Å²) in [5, 5.41) is 3.36. The molecule has 0 radical (unpaired) electrons. The number of benzene rings is 2. The summed E-state index contributed by atoms with van der Waals surface area (Å²) in [5.41, 5.74) is 2.30. The average Bonchev–Trinajstić information content (AvgIpc) is 2.69. The number of fused-ring (bicyclic) bond motifs is 1. The normalized spacial score (nSPS) is 20.0. The molecule has 5 heteroatoms. The van der Waals surface area contributed by atoms with E-state index in [1.165, 1.54) is 12.1 Å². The van der Waals surface area contributed by atoms with Crippen LogP contribution in [0.1, 0.15) is 57.3 Å². The summed E-state index contributed by atoms with van der Waals surface area (Å²) in [4.78, 5) is 0. The molecule has 1 aliphatic heterocycles. The van der Waals surface area contributed by atoms with E-state index in [1.807, 2.05) is 38.1 Å². The van der Waals surface area contributed by atoms with Crippen molar-refractivity contribution in [3.63, 3.8) is 0 Å². The van der Waals surface area contributed by atoms with Crippen LogP contribution in [0.25, 0.3) is 0 Å². The van der Waals surface area contributed by atoms with Crippen LogP contribution >= 0.6 is 0 Å². The van der Waals surface area contributed by atoms with Crippen LogP contribution in [0.15, 0.2) is 42.5 Å². The molecule has 158 valence electrons. The number of unbranched alkanes of at least 4 members (excludes halogenated alkanes) is 2. The van der Waals surface area contributed by atoms with Gasteiger partial charge in [0.1, 0.15) is 29.4 Å². The van der Waals surface area contributed by atoms with E-state index >= 15 is 0 Å². The fraction of sp³-hybridized carbons (Fsp3) is 0.500. The molecule has 1 N–H and O–H groups in total. The number of nitrogens with one attached hydrogen (secondary N) is 1. The number of methoxy groups -OCH3 is 1. The molecule has 1 heterocycles. The summed E-state index contributed by atoms with van der Waals surface area (Å²) < 4.78 is 31.8. The smallest absolute Gasteiger partial charge is 0.132 e. The Balaban J connectivity index is 1.76. The third-order valence-electron chi connectivity index (χ3n) is 5.33. The SMILES string of the molecule is CCCCCOC1C(OC)c2cc(NCc3cccc(F)c3)ccc2OC1(C)C. The van der Waals surface area contributed by atoms with Crippen molar-refractivity contribution in [2.24, 2.45) is 0 Å². The molecule has 0 bridgehead atoms. The van der Waals surface area contributed by atoms with Gasteiger partial charge >= 0.3 is 0 Å². The van der Waals surface area contributed by atoms with Crippen LogP contribution < -0.4 is 10.1 Å². The highest BCUT2D eigenvalue weighted by molar-refractivity contribution is 5.53. The van der Waals surface area contributed by atoms with E-state index in [1.54, 1.807) is 13.2 Å². The number of ether oxygens (including phenoxy) is 3. The van der Waals surface area contributed by atoms with Crippen molar-refractivity contribution < 1.29 is 18.6 Å². The zero-order valence-electron chi connectivity index (χ0n) is 17.8. The predicted octanol–water partition coefficient (Wildman–Crippen LogP) is 5.87. The van der Waals surface area contributed by atoms with Gasteiger partial charge in [0, 0.05) is 31.5 Å². The summed E-state index contributed by atoms with van der Waals surface area (Å²) in [6.07, 6.45) is 2.92. The summed E-state index contributed by atoms with van der Waals surface area (Å²) >= 11 is 0. The second-order valence-corrected chi connectivity index (χ2v) is 8.10. The Bertz CT molecular complexity index is 808. The highest BCUT2D eigenvalue weighted by atomic mass is 19.1. The van der Waals surface area contributed by atoms with Gasteiger partial charge in [0.25, 0.3) is 0 Å². The van der Waals surface area contributed by atoms with E-state index in [9.17, 15) is 4.39 Å². The first-order valence-corrected chi connectivity index (χ1v) is 10.4. The maximum absolute atomic E-state index is 13.4. The standard InChI is InChI=1S/C24H32FNO3/c1-5-6-7-13-28-23-22(27-4)20-15-19(11-12-21(20)29-24(23,2)3)26-16-17-9-8-10-18(25)14-17/h8-12,14-15,22-23,26H,5-7,13,16H2,1-4H3. The van der Waals surface area contributed by atoms with Gasteiger partial charge in [-0.3, -0.25) is 0 Å². The number of anilines is 1. The monoisotopic (exact) mass is 401 g/mol. The van der Waals surface area contributed by atoms with Crippen molar-refractivity contribution in [2.75, 3.05) is 19.0 Å². The first kappa shape index (κ1) is 21.6. The molecule has 2 atom stereocenters. The molecule has 0 fully saturated rings. The largest absolute Gasteiger partial charge is 0.485 e. The third-order valence-corrected chi connectivity index (χ3v) is 5.33. The van der Waals surface area contributed by atoms with Gasteiger partial charge in [0.15, 0.2) is 0 Å². The maximum Gasteiger partial charge on any atom is 0.132 e. The number of halogens is 1. The van der Waals surface area contributed by atoms with E-state index in [4.69, 9.17) is 14.2 Å². The molecular weight excluding hydrogens is 369 g/mol. The van der Waals surface area contributed by atoms with Gasteiger partial charge in [0.05, 0.1) is 0 Å². The molecule has 0 saturated heterocycles. The minimum atomic E-state index is -0.490. The van der Waals surface area contributed by atoms with Crippen LogP contribution in [0, 0.1) is 5.82 Å². The van der Waals surface area contributed by atoms with Crippen molar-refractivity contribution in [1.29, 1.82) is 0 Å². The molecule has 2 aromatic carbocycles. The zero-order chi connectivity index (χ0) is 20.9. The van der Waals surface area contributed by atoms with E-state index in [-0.39, 0.29) is 18.0 Å². The quantitative estimate of drug-likeness (QED) is 0.533. The fourth-order valence-electron chi connectivity index (χ4n) is 3.79. The van der Waals surface area contributed by atoms with E-state index in [2.05, 4.69) is 12.2 Å². The Hall–Kier alpha value is -2.11. The summed E-state index contributed by atoms with van der Waals surface area (Å²) in [6.45, 7) is 7.50. The second-order valence-electron chi connectivity index (χ2n) is 8.10. The molecular formula is C24H32FNO3. The highest BCUT2D eigenvalue weighted by Crippen LogP contribution is 2.44. The van der Waals surface area contributed by atoms with Gasteiger partial charge in [-0.05, 0) is 56.2 Å². The lowest BCUT2D eigenvalue weighted by Crippen LogP contribution is -2.51. The summed E-state index contributed by atoms with van der Waals surface area (Å²) in [7, 11) is 1.71. The van der Waals surface area contributed by atoms with Gasteiger partial charge in [-0.15, -0.1) is 0 Å². The number of hydrogen-bond donors (Lipinski definition) is 1. The first-order valence-electron chi connectivity index (χ1n) is 10.4. The molecule has 0 amide bonds. The van der Waals surface area contributed by atoms with Gasteiger partial charge in [0.2, 0.25) is 0 Å². The van der Waals surface area contributed by atoms with Crippen molar-refractivity contribution >= 4 is 5.69 Å². The highest BCUT2D eigenvalue weighted by Gasteiger charge is 2.45. The average molecular weight is 402 g/mol. The van der Waals surface area contributed by atoms with Crippen molar-refractivity contribution in [1.82, 2.24) is 0 Å². The molecule has 3 rings (SSSR count). The van der Waals surface area contributed by atoms with Gasteiger partial charge in [-0.25, -0.2) is 4.39 Å². The van der Waals surface area contributed by atoms with Gasteiger partial charge in [-0.2, -0.15) is 0 Å². The lowest BCUT2D eigenvalue weighted by molar-refractivity contribution is -0.154. The van der Waals surface area contributed by atoms with Crippen molar-refractivity contribution in [3.05, 3.63) is 59.4 Å². The molecule has 2 unspecified atom stereocenters. The van der Waals surface area contributed by atoms with Gasteiger partial charge in [-0.1, -0.05) is 31.9 Å². The van der Waals surface area contributed by atoms with E-state index in [0.717, 1.165) is 41.8 Å². The lowest BCUT2D eigenvalue weighted by atomic mass is 9.88. The second kappa shape index (κ2) is 9.59. The Kier molecular flexibility index (Phi) is 7.14. The zero-order valence-corrected chi connectivity index (χ0v) is 17.8. The Morgan fingerprint density at radius 1 is 1.14 bits per heavy atom. The molecule has 0 aliphatic carbocycles.